The van der Waals surface area contributed by atoms with Crippen molar-refractivity contribution >= 4 is 17.6 Å². The fourth-order valence-corrected chi connectivity index (χ4v) is 2.90. The predicted molar refractivity (Wildman–Crippen MR) is 106 cm³/mol. The minimum Gasteiger partial charge on any atom is -0.490 e. The predicted octanol–water partition coefficient (Wildman–Crippen LogP) is 3.67. The average molecular weight is 367 g/mol. The van der Waals surface area contributed by atoms with Crippen molar-refractivity contribution < 1.29 is 14.3 Å². The van der Waals surface area contributed by atoms with Gasteiger partial charge in [0.05, 0.1) is 6.54 Å². The Morgan fingerprint density at radius 3 is 2.59 bits per heavy atom. The molecule has 0 aromatic heterocycles. The van der Waals surface area contributed by atoms with Gasteiger partial charge in [0.1, 0.15) is 18.2 Å². The van der Waals surface area contributed by atoms with E-state index < -0.39 is 6.09 Å². The standard InChI is InChI=1S/C21H25N3O3/c1-21(2,3)15-7-9-17(10-8-15)26-13-18-12-24(20(25)27-18)16-6-4-5-14(11-16)19(22)23/h4-11,18H,12-13H2,1-3H3,(H3,22,23). The summed E-state index contributed by atoms with van der Waals surface area (Å²) in [4.78, 5) is 13.7. The summed E-state index contributed by atoms with van der Waals surface area (Å²) < 4.78 is 11.2. The Labute approximate surface area is 159 Å². The molecular weight excluding hydrogens is 342 g/mol. The van der Waals surface area contributed by atoms with Gasteiger partial charge in [-0.25, -0.2) is 4.79 Å². The van der Waals surface area contributed by atoms with Crippen LogP contribution in [-0.2, 0) is 10.2 Å². The van der Waals surface area contributed by atoms with E-state index in [4.69, 9.17) is 20.6 Å². The fraction of sp³-hybridized carbons (Fsp3) is 0.333. The zero-order valence-electron chi connectivity index (χ0n) is 15.9. The molecule has 6 nitrogen and oxygen atoms in total. The summed E-state index contributed by atoms with van der Waals surface area (Å²) in [7, 11) is 0. The van der Waals surface area contributed by atoms with Crippen LogP contribution in [0.25, 0.3) is 0 Å². The molecular formula is C21H25N3O3. The van der Waals surface area contributed by atoms with Crippen molar-refractivity contribution in [2.45, 2.75) is 32.3 Å². The van der Waals surface area contributed by atoms with Gasteiger partial charge in [-0.05, 0) is 35.2 Å². The highest BCUT2D eigenvalue weighted by atomic mass is 16.6. The van der Waals surface area contributed by atoms with Crippen LogP contribution in [0.4, 0.5) is 10.5 Å². The third-order valence-corrected chi connectivity index (χ3v) is 4.50. The number of carbonyl (C=O) groups is 1. The molecule has 1 fully saturated rings. The maximum Gasteiger partial charge on any atom is 0.414 e. The quantitative estimate of drug-likeness (QED) is 0.623. The minimum absolute atomic E-state index is 0.0389. The molecule has 0 saturated carbocycles. The van der Waals surface area contributed by atoms with Crippen molar-refractivity contribution in [3.05, 3.63) is 59.7 Å². The molecule has 6 heteroatoms. The summed E-state index contributed by atoms with van der Waals surface area (Å²) in [6.45, 7) is 7.16. The van der Waals surface area contributed by atoms with E-state index in [0.717, 1.165) is 5.75 Å². The zero-order chi connectivity index (χ0) is 19.6. The van der Waals surface area contributed by atoms with Gasteiger partial charge < -0.3 is 15.2 Å². The summed E-state index contributed by atoms with van der Waals surface area (Å²) in [6.07, 6.45) is -0.784. The third-order valence-electron chi connectivity index (χ3n) is 4.50. The van der Waals surface area contributed by atoms with Gasteiger partial charge in [0, 0.05) is 11.3 Å². The van der Waals surface area contributed by atoms with Crippen molar-refractivity contribution in [3.63, 3.8) is 0 Å². The van der Waals surface area contributed by atoms with Gasteiger partial charge in [0.15, 0.2) is 6.10 Å². The van der Waals surface area contributed by atoms with Crippen molar-refractivity contribution in [2.75, 3.05) is 18.1 Å². The van der Waals surface area contributed by atoms with Crippen LogP contribution in [0.2, 0.25) is 0 Å². The molecule has 3 N–H and O–H groups in total. The molecule has 0 radical (unpaired) electrons. The monoisotopic (exact) mass is 367 g/mol. The summed E-state index contributed by atoms with van der Waals surface area (Å²) in [5, 5.41) is 7.53. The first-order chi connectivity index (χ1) is 12.7. The van der Waals surface area contributed by atoms with E-state index in [1.165, 1.54) is 10.5 Å². The van der Waals surface area contributed by atoms with Gasteiger partial charge in [-0.2, -0.15) is 0 Å². The molecule has 1 unspecified atom stereocenters. The molecule has 1 amide bonds. The molecule has 0 bridgehead atoms. The number of hydrogen-bond acceptors (Lipinski definition) is 4. The first-order valence-electron chi connectivity index (χ1n) is 8.90. The number of rotatable bonds is 5. The number of hydrogen-bond donors (Lipinski definition) is 2. The molecule has 1 aliphatic heterocycles. The lowest BCUT2D eigenvalue weighted by molar-refractivity contribution is 0.105. The Morgan fingerprint density at radius 2 is 1.96 bits per heavy atom. The second kappa shape index (κ2) is 7.31. The summed E-state index contributed by atoms with van der Waals surface area (Å²) in [5.41, 5.74) is 8.07. The van der Waals surface area contributed by atoms with Crippen LogP contribution in [0.15, 0.2) is 48.5 Å². The summed E-state index contributed by atoms with van der Waals surface area (Å²) >= 11 is 0. The number of cyclic esters (lactones) is 1. The summed E-state index contributed by atoms with van der Waals surface area (Å²) in [5.74, 6) is 0.707. The Morgan fingerprint density at radius 1 is 1.26 bits per heavy atom. The number of nitrogens with one attached hydrogen (secondary N) is 1. The van der Waals surface area contributed by atoms with Gasteiger partial charge in [-0.3, -0.25) is 10.3 Å². The highest BCUT2D eigenvalue weighted by molar-refractivity contribution is 5.97. The number of amidine groups is 1. The number of benzene rings is 2. The number of amides is 1. The lowest BCUT2D eigenvalue weighted by Gasteiger charge is -2.19. The topological polar surface area (TPSA) is 88.6 Å². The van der Waals surface area contributed by atoms with E-state index in [1.807, 2.05) is 12.1 Å². The van der Waals surface area contributed by atoms with Crippen molar-refractivity contribution in [3.8, 4) is 5.75 Å². The number of anilines is 1. The Balaban J connectivity index is 1.61. The normalized spacial score (nSPS) is 16.9. The maximum atomic E-state index is 12.2. The van der Waals surface area contributed by atoms with E-state index in [0.29, 0.717) is 17.8 Å². The van der Waals surface area contributed by atoms with Crippen molar-refractivity contribution in [1.82, 2.24) is 0 Å². The van der Waals surface area contributed by atoms with Crippen LogP contribution in [-0.4, -0.2) is 31.2 Å². The first-order valence-corrected chi connectivity index (χ1v) is 8.90. The second-order valence-corrected chi connectivity index (χ2v) is 7.67. The molecule has 3 rings (SSSR count). The van der Waals surface area contributed by atoms with Crippen LogP contribution in [0.5, 0.6) is 5.75 Å². The molecule has 1 saturated heterocycles. The minimum atomic E-state index is -0.424. The average Bonchev–Trinajstić information content (AvgIpc) is 3.00. The maximum absolute atomic E-state index is 12.2. The van der Waals surface area contributed by atoms with Crippen LogP contribution in [0.1, 0.15) is 31.9 Å². The van der Waals surface area contributed by atoms with Gasteiger partial charge in [-0.15, -0.1) is 0 Å². The third kappa shape index (κ3) is 4.39. The number of nitrogens with two attached hydrogens (primary N) is 1. The molecule has 27 heavy (non-hydrogen) atoms. The molecule has 0 spiro atoms. The fourth-order valence-electron chi connectivity index (χ4n) is 2.90. The number of carbonyl (C=O) groups excluding carboxylic acids is 1. The van der Waals surface area contributed by atoms with Gasteiger partial charge in [0.25, 0.3) is 0 Å². The highest BCUT2D eigenvalue weighted by Gasteiger charge is 2.33. The number of ether oxygens (including phenoxy) is 2. The molecule has 1 heterocycles. The molecule has 2 aromatic carbocycles. The summed E-state index contributed by atoms with van der Waals surface area (Å²) in [6, 6.07) is 15.0. The van der Waals surface area contributed by atoms with Crippen LogP contribution in [0, 0.1) is 5.41 Å². The van der Waals surface area contributed by atoms with E-state index in [9.17, 15) is 4.79 Å². The van der Waals surface area contributed by atoms with Crippen LogP contribution in [0.3, 0.4) is 0 Å². The van der Waals surface area contributed by atoms with Crippen LogP contribution < -0.4 is 15.4 Å². The van der Waals surface area contributed by atoms with E-state index in [1.54, 1.807) is 24.3 Å². The number of nitrogen functional groups attached to an aromatic ring is 1. The van der Waals surface area contributed by atoms with Crippen molar-refractivity contribution in [2.24, 2.45) is 5.73 Å². The second-order valence-electron chi connectivity index (χ2n) is 7.67. The number of nitrogens with zero attached hydrogens (tertiary/aromatic N) is 1. The molecule has 1 aliphatic rings. The highest BCUT2D eigenvalue weighted by Crippen LogP contribution is 2.26. The SMILES string of the molecule is CC(C)(C)c1ccc(OCC2CN(c3cccc(C(=N)N)c3)C(=O)O2)cc1. The molecule has 1 atom stereocenters. The Kier molecular flexibility index (Phi) is 5.08. The Bertz CT molecular complexity index is 840. The smallest absolute Gasteiger partial charge is 0.414 e. The lowest BCUT2D eigenvalue weighted by Crippen LogP contribution is -2.27. The van der Waals surface area contributed by atoms with Gasteiger partial charge in [0.2, 0.25) is 0 Å². The molecule has 0 aliphatic carbocycles. The van der Waals surface area contributed by atoms with Crippen molar-refractivity contribution in [1.29, 1.82) is 5.41 Å². The lowest BCUT2D eigenvalue weighted by atomic mass is 9.87. The van der Waals surface area contributed by atoms with E-state index in [2.05, 4.69) is 32.9 Å². The largest absolute Gasteiger partial charge is 0.490 e. The van der Waals surface area contributed by atoms with E-state index >= 15 is 0 Å². The molecule has 2 aromatic rings. The van der Waals surface area contributed by atoms with Gasteiger partial charge >= 0.3 is 6.09 Å². The van der Waals surface area contributed by atoms with E-state index in [-0.39, 0.29) is 24.0 Å². The molecule has 142 valence electrons. The first kappa shape index (κ1) is 18.8. The van der Waals surface area contributed by atoms with Gasteiger partial charge in [-0.1, -0.05) is 45.0 Å². The van der Waals surface area contributed by atoms with Crippen LogP contribution >= 0.6 is 0 Å². The Hall–Kier alpha value is -3.02. The zero-order valence-corrected chi connectivity index (χ0v) is 15.9.